The smallest absolute Gasteiger partial charge is 0.267 e. The normalized spacial score (nSPS) is 32.3. The highest BCUT2D eigenvalue weighted by Crippen LogP contribution is 2.14. The van der Waals surface area contributed by atoms with Gasteiger partial charge in [-0.1, -0.05) is 12.8 Å². The minimum atomic E-state index is -3.19. The van der Waals surface area contributed by atoms with E-state index < -0.39 is 10.1 Å². The van der Waals surface area contributed by atoms with Crippen molar-refractivity contribution in [3.05, 3.63) is 0 Å². The van der Waals surface area contributed by atoms with Gasteiger partial charge in [-0.05, 0) is 19.8 Å². The van der Waals surface area contributed by atoms with E-state index in [0.29, 0.717) is 0 Å². The molecule has 0 bridgehead atoms. The zero-order valence-corrected chi connectivity index (χ0v) is 7.56. The zero-order valence-electron chi connectivity index (χ0n) is 6.75. The molecular formula is C7H14O3S. The Morgan fingerprint density at radius 3 is 2.73 bits per heavy atom. The number of hydrogen-bond donors (Lipinski definition) is 0. The quantitative estimate of drug-likeness (QED) is 0.525. The molecule has 1 unspecified atom stereocenters. The van der Waals surface area contributed by atoms with Crippen molar-refractivity contribution in [1.82, 2.24) is 0 Å². The van der Waals surface area contributed by atoms with Gasteiger partial charge in [0.15, 0.2) is 0 Å². The molecule has 1 rings (SSSR count). The van der Waals surface area contributed by atoms with Crippen molar-refractivity contribution >= 4 is 10.1 Å². The van der Waals surface area contributed by atoms with Crippen LogP contribution in [-0.4, -0.2) is 20.3 Å². The molecule has 0 radical (unpaired) electrons. The number of hydrogen-bond acceptors (Lipinski definition) is 3. The topological polar surface area (TPSA) is 43.4 Å². The van der Waals surface area contributed by atoms with Crippen molar-refractivity contribution in [3.63, 3.8) is 0 Å². The molecule has 1 heterocycles. The third-order valence-corrected chi connectivity index (χ3v) is 3.23. The van der Waals surface area contributed by atoms with Crippen molar-refractivity contribution in [2.24, 2.45) is 0 Å². The molecule has 0 aromatic carbocycles. The first-order valence-corrected chi connectivity index (χ1v) is 5.59. The van der Waals surface area contributed by atoms with Crippen molar-refractivity contribution in [2.45, 2.75) is 38.7 Å². The molecule has 0 amide bonds. The lowest BCUT2D eigenvalue weighted by molar-refractivity contribution is 0.208. The summed E-state index contributed by atoms with van der Waals surface area (Å²) in [5, 5.41) is 0. The first-order chi connectivity index (χ1) is 5.10. The lowest BCUT2D eigenvalue weighted by atomic mass is 10.1. The fraction of sp³-hybridized carbons (Fsp3) is 1.00. The Kier molecular flexibility index (Phi) is 2.90. The van der Waals surface area contributed by atoms with Crippen LogP contribution in [0.2, 0.25) is 0 Å². The van der Waals surface area contributed by atoms with E-state index in [1.54, 1.807) is 0 Å². The van der Waals surface area contributed by atoms with E-state index in [1.165, 1.54) is 0 Å². The van der Waals surface area contributed by atoms with Crippen LogP contribution in [0.3, 0.4) is 0 Å². The van der Waals surface area contributed by atoms with Gasteiger partial charge in [-0.25, -0.2) is 0 Å². The third-order valence-electron chi connectivity index (χ3n) is 1.82. The van der Waals surface area contributed by atoms with Gasteiger partial charge in [0.2, 0.25) is 0 Å². The summed E-state index contributed by atoms with van der Waals surface area (Å²) in [7, 11) is -3.19. The van der Waals surface area contributed by atoms with Crippen molar-refractivity contribution < 1.29 is 12.6 Å². The van der Waals surface area contributed by atoms with Gasteiger partial charge >= 0.3 is 0 Å². The highest BCUT2D eigenvalue weighted by Gasteiger charge is 2.17. The minimum absolute atomic E-state index is 0.125. The Hall–Kier alpha value is -0.0900. The lowest BCUT2D eigenvalue weighted by Gasteiger charge is -2.15. The summed E-state index contributed by atoms with van der Waals surface area (Å²) in [5.41, 5.74) is 0. The first kappa shape index (κ1) is 9.00. The average molecular weight is 178 g/mol. The molecule has 1 atom stereocenters. The summed E-state index contributed by atoms with van der Waals surface area (Å²) >= 11 is 0. The average Bonchev–Trinajstić information content (AvgIpc) is 1.82. The maximum atomic E-state index is 11.0. The van der Waals surface area contributed by atoms with Crippen molar-refractivity contribution in [1.29, 1.82) is 0 Å². The van der Waals surface area contributed by atoms with E-state index in [1.807, 2.05) is 6.92 Å². The van der Waals surface area contributed by atoms with Crippen LogP contribution in [0.15, 0.2) is 0 Å². The van der Waals surface area contributed by atoms with Crippen LogP contribution in [0.5, 0.6) is 0 Å². The molecule has 66 valence electrons. The molecule has 0 aromatic rings. The first-order valence-electron chi connectivity index (χ1n) is 4.01. The summed E-state index contributed by atoms with van der Waals surface area (Å²) < 4.78 is 26.9. The zero-order chi connectivity index (χ0) is 8.32. The molecule has 0 aliphatic carbocycles. The lowest BCUT2D eigenvalue weighted by Crippen LogP contribution is -2.20. The fourth-order valence-electron chi connectivity index (χ4n) is 1.23. The van der Waals surface area contributed by atoms with Crippen LogP contribution < -0.4 is 0 Å². The molecule has 11 heavy (non-hydrogen) atoms. The molecule has 1 fully saturated rings. The van der Waals surface area contributed by atoms with Crippen LogP contribution in [0.4, 0.5) is 0 Å². The third kappa shape index (κ3) is 3.20. The SMILES string of the molecule is CC1CCCCCS(=O)(=O)O1. The molecule has 0 aromatic heterocycles. The maximum Gasteiger partial charge on any atom is 0.267 e. The highest BCUT2D eigenvalue weighted by molar-refractivity contribution is 7.86. The maximum absolute atomic E-state index is 11.0. The van der Waals surface area contributed by atoms with Crippen molar-refractivity contribution in [2.75, 3.05) is 5.75 Å². The summed E-state index contributed by atoms with van der Waals surface area (Å²) in [4.78, 5) is 0. The summed E-state index contributed by atoms with van der Waals surface area (Å²) in [6.07, 6.45) is 3.57. The van der Waals surface area contributed by atoms with E-state index in [4.69, 9.17) is 4.18 Å². The Bertz CT molecular complexity index is 208. The molecule has 1 aliphatic heterocycles. The predicted molar refractivity (Wildman–Crippen MR) is 42.8 cm³/mol. The Morgan fingerprint density at radius 2 is 2.00 bits per heavy atom. The van der Waals surface area contributed by atoms with Crippen LogP contribution in [0.25, 0.3) is 0 Å². The van der Waals surface area contributed by atoms with Crippen LogP contribution in [-0.2, 0) is 14.3 Å². The molecule has 4 heteroatoms. The second kappa shape index (κ2) is 3.54. The molecule has 0 spiro atoms. The minimum Gasteiger partial charge on any atom is -0.267 e. The van der Waals surface area contributed by atoms with Gasteiger partial charge in [0, 0.05) is 0 Å². The number of rotatable bonds is 0. The van der Waals surface area contributed by atoms with Crippen LogP contribution in [0.1, 0.15) is 32.6 Å². The second-order valence-electron chi connectivity index (χ2n) is 3.02. The van der Waals surface area contributed by atoms with E-state index in [-0.39, 0.29) is 11.9 Å². The molecule has 0 saturated carbocycles. The Labute approximate surface area is 67.9 Å². The van der Waals surface area contributed by atoms with Gasteiger partial charge in [-0.3, -0.25) is 4.18 Å². The van der Waals surface area contributed by atoms with Crippen molar-refractivity contribution in [3.8, 4) is 0 Å². The Balaban J connectivity index is 2.56. The molecule has 1 saturated heterocycles. The molecular weight excluding hydrogens is 164 g/mol. The molecule has 3 nitrogen and oxygen atoms in total. The highest BCUT2D eigenvalue weighted by atomic mass is 32.2. The van der Waals surface area contributed by atoms with Gasteiger partial charge in [-0.2, -0.15) is 8.42 Å². The van der Waals surface area contributed by atoms with Gasteiger partial charge < -0.3 is 0 Å². The van der Waals surface area contributed by atoms with E-state index in [2.05, 4.69) is 0 Å². The van der Waals surface area contributed by atoms with Gasteiger partial charge in [0.1, 0.15) is 0 Å². The predicted octanol–water partition coefficient (Wildman–Crippen LogP) is 1.30. The van der Waals surface area contributed by atoms with Gasteiger partial charge in [0.05, 0.1) is 11.9 Å². The van der Waals surface area contributed by atoms with Gasteiger partial charge in [0.25, 0.3) is 10.1 Å². The summed E-state index contributed by atoms with van der Waals surface area (Å²) in [6.45, 7) is 1.81. The van der Waals surface area contributed by atoms with Crippen LogP contribution in [0, 0.1) is 0 Å². The summed E-state index contributed by atoms with van der Waals surface area (Å²) in [6, 6.07) is 0. The van der Waals surface area contributed by atoms with Gasteiger partial charge in [-0.15, -0.1) is 0 Å². The van der Waals surface area contributed by atoms with E-state index >= 15 is 0 Å². The van der Waals surface area contributed by atoms with E-state index in [0.717, 1.165) is 25.7 Å². The van der Waals surface area contributed by atoms with Crippen LogP contribution >= 0.6 is 0 Å². The Morgan fingerprint density at radius 1 is 1.27 bits per heavy atom. The fourth-order valence-corrected chi connectivity index (χ4v) is 2.48. The standard InChI is InChI=1S/C7H14O3S/c1-7-5-3-2-4-6-11(8,9)10-7/h7H,2-6H2,1H3. The molecule has 1 aliphatic rings. The molecule has 0 N–H and O–H groups in total. The summed E-state index contributed by atoms with van der Waals surface area (Å²) in [5.74, 6) is 0.192. The monoisotopic (exact) mass is 178 g/mol. The van der Waals surface area contributed by atoms with E-state index in [9.17, 15) is 8.42 Å². The second-order valence-corrected chi connectivity index (χ2v) is 4.73. The largest absolute Gasteiger partial charge is 0.267 e.